The molecule has 0 bridgehead atoms. The van der Waals surface area contributed by atoms with Crippen LogP contribution in [0.5, 0.6) is 0 Å². The number of hydrogen-bond acceptors (Lipinski definition) is 3. The molecule has 2 N–H and O–H groups in total. The van der Waals surface area contributed by atoms with E-state index in [1.807, 2.05) is 13.0 Å². The number of aliphatic hydroxyl groups is 1. The van der Waals surface area contributed by atoms with Gasteiger partial charge >= 0.3 is 0 Å². The van der Waals surface area contributed by atoms with Crippen molar-refractivity contribution in [2.75, 3.05) is 0 Å². The van der Waals surface area contributed by atoms with Gasteiger partial charge in [-0.3, -0.25) is 5.43 Å². The largest absolute Gasteiger partial charge is 0.369 e. The lowest BCUT2D eigenvalue weighted by Gasteiger charge is -2.17. The second kappa shape index (κ2) is 6.95. The van der Waals surface area contributed by atoms with Crippen LogP contribution in [0.3, 0.4) is 0 Å². The lowest BCUT2D eigenvalue weighted by molar-refractivity contribution is 0.0727. The van der Waals surface area contributed by atoms with E-state index in [0.29, 0.717) is 18.7 Å². The molecule has 84 valence electrons. The summed E-state index contributed by atoms with van der Waals surface area (Å²) in [7, 11) is 0. The Balaban J connectivity index is 4.48. The van der Waals surface area contributed by atoms with Gasteiger partial charge in [0.15, 0.2) is 5.72 Å². The molecule has 0 spiro atoms. The Morgan fingerprint density at radius 1 is 1.60 bits per heavy atom. The molecule has 15 heavy (non-hydrogen) atoms. The summed E-state index contributed by atoms with van der Waals surface area (Å²) in [6.45, 7) is 10.4. The van der Waals surface area contributed by atoms with Gasteiger partial charge in [0.05, 0.1) is 0 Å². The molecule has 0 saturated carbocycles. The zero-order valence-electron chi connectivity index (χ0n) is 9.40. The Morgan fingerprint density at radius 2 is 2.27 bits per heavy atom. The number of amidine groups is 1. The molecule has 0 rings (SSSR count). The standard InChI is InChI=1S/C11H19N3O/c1-5-7-8-9-11(3,15)13-10(6-2)14-12-4/h5,7-8,15H,1,4,6,9H2,2-3H3,(H,13,14)/b8-7-. The third-order valence-electron chi connectivity index (χ3n) is 1.70. The van der Waals surface area contributed by atoms with Gasteiger partial charge in [0, 0.05) is 19.6 Å². The van der Waals surface area contributed by atoms with Crippen LogP contribution in [0.15, 0.2) is 34.9 Å². The lowest BCUT2D eigenvalue weighted by atomic mass is 10.1. The molecule has 0 aliphatic rings. The van der Waals surface area contributed by atoms with Crippen molar-refractivity contribution in [3.05, 3.63) is 24.8 Å². The molecule has 4 nitrogen and oxygen atoms in total. The number of allylic oxidation sites excluding steroid dienone is 2. The van der Waals surface area contributed by atoms with Gasteiger partial charge in [0.2, 0.25) is 0 Å². The zero-order chi connectivity index (χ0) is 11.7. The average Bonchev–Trinajstić information content (AvgIpc) is 2.17. The quantitative estimate of drug-likeness (QED) is 0.303. The lowest BCUT2D eigenvalue weighted by Crippen LogP contribution is -2.27. The van der Waals surface area contributed by atoms with Gasteiger partial charge in [-0.25, -0.2) is 4.99 Å². The maximum Gasteiger partial charge on any atom is 0.158 e. The van der Waals surface area contributed by atoms with Crippen LogP contribution in [0.1, 0.15) is 26.7 Å². The number of nitrogens with one attached hydrogen (secondary N) is 1. The van der Waals surface area contributed by atoms with Gasteiger partial charge in [0.1, 0.15) is 5.84 Å². The first-order valence-corrected chi connectivity index (χ1v) is 4.86. The molecular weight excluding hydrogens is 190 g/mol. The normalized spacial score (nSPS) is 16.1. The van der Waals surface area contributed by atoms with Crippen molar-refractivity contribution in [3.8, 4) is 0 Å². The Labute approximate surface area is 91.1 Å². The molecule has 0 aromatic heterocycles. The van der Waals surface area contributed by atoms with Crippen molar-refractivity contribution in [3.63, 3.8) is 0 Å². The van der Waals surface area contributed by atoms with Crippen LogP contribution >= 0.6 is 0 Å². The fourth-order valence-corrected chi connectivity index (χ4v) is 0.998. The molecule has 1 atom stereocenters. The highest BCUT2D eigenvalue weighted by Gasteiger charge is 2.17. The molecule has 0 aromatic rings. The van der Waals surface area contributed by atoms with E-state index in [-0.39, 0.29) is 0 Å². The smallest absolute Gasteiger partial charge is 0.158 e. The van der Waals surface area contributed by atoms with Crippen molar-refractivity contribution in [2.24, 2.45) is 10.1 Å². The van der Waals surface area contributed by atoms with Crippen LogP contribution in [0.25, 0.3) is 0 Å². The number of rotatable bonds is 6. The molecule has 0 saturated heterocycles. The second-order valence-corrected chi connectivity index (χ2v) is 3.27. The molecule has 0 aliphatic heterocycles. The Hall–Kier alpha value is -1.42. The van der Waals surface area contributed by atoms with Gasteiger partial charge in [0.25, 0.3) is 0 Å². The first kappa shape index (κ1) is 13.6. The molecule has 0 radical (unpaired) electrons. The van der Waals surface area contributed by atoms with Gasteiger partial charge in [-0.1, -0.05) is 31.7 Å². The van der Waals surface area contributed by atoms with E-state index in [1.165, 1.54) is 0 Å². The van der Waals surface area contributed by atoms with Crippen LogP contribution < -0.4 is 5.43 Å². The number of aliphatic imine (C=N–C) groups is 1. The molecule has 0 fully saturated rings. The summed E-state index contributed by atoms with van der Waals surface area (Å²) in [6, 6.07) is 0. The fourth-order valence-electron chi connectivity index (χ4n) is 0.998. The summed E-state index contributed by atoms with van der Waals surface area (Å²) in [4.78, 5) is 4.13. The number of hydrogen-bond donors (Lipinski definition) is 2. The first-order chi connectivity index (χ1) is 7.05. The summed E-state index contributed by atoms with van der Waals surface area (Å²) >= 11 is 0. The van der Waals surface area contributed by atoms with Crippen molar-refractivity contribution >= 4 is 12.6 Å². The Bertz CT molecular complexity index is 267. The van der Waals surface area contributed by atoms with Crippen LogP contribution in [0, 0.1) is 0 Å². The number of hydrazone groups is 1. The molecule has 0 aliphatic carbocycles. The third-order valence-corrected chi connectivity index (χ3v) is 1.70. The van der Waals surface area contributed by atoms with E-state index in [2.05, 4.69) is 28.8 Å². The summed E-state index contributed by atoms with van der Waals surface area (Å²) < 4.78 is 0. The van der Waals surface area contributed by atoms with Crippen molar-refractivity contribution in [1.82, 2.24) is 5.43 Å². The minimum atomic E-state index is -1.12. The Morgan fingerprint density at radius 3 is 2.73 bits per heavy atom. The molecule has 1 unspecified atom stereocenters. The van der Waals surface area contributed by atoms with Crippen LogP contribution in [0.4, 0.5) is 0 Å². The highest BCUT2D eigenvalue weighted by molar-refractivity contribution is 5.82. The maximum absolute atomic E-state index is 9.89. The van der Waals surface area contributed by atoms with Gasteiger partial charge in [-0.05, 0) is 6.92 Å². The maximum atomic E-state index is 9.89. The molecular formula is C11H19N3O. The molecule has 4 heteroatoms. The van der Waals surface area contributed by atoms with E-state index in [1.54, 1.807) is 19.1 Å². The minimum absolute atomic E-state index is 0.432. The zero-order valence-corrected chi connectivity index (χ0v) is 9.40. The monoisotopic (exact) mass is 209 g/mol. The average molecular weight is 209 g/mol. The summed E-state index contributed by atoms with van der Waals surface area (Å²) in [5, 5.41) is 13.4. The van der Waals surface area contributed by atoms with E-state index < -0.39 is 5.72 Å². The molecule has 0 amide bonds. The van der Waals surface area contributed by atoms with E-state index in [0.717, 1.165) is 0 Å². The van der Waals surface area contributed by atoms with Crippen LogP contribution in [-0.4, -0.2) is 23.4 Å². The molecule has 0 heterocycles. The third kappa shape index (κ3) is 6.62. The van der Waals surface area contributed by atoms with E-state index in [9.17, 15) is 5.11 Å². The van der Waals surface area contributed by atoms with Crippen LogP contribution in [-0.2, 0) is 0 Å². The topological polar surface area (TPSA) is 57.0 Å². The highest BCUT2D eigenvalue weighted by atomic mass is 16.3. The predicted octanol–water partition coefficient (Wildman–Crippen LogP) is 1.84. The Kier molecular flexibility index (Phi) is 6.29. The van der Waals surface area contributed by atoms with Crippen molar-refractivity contribution in [2.45, 2.75) is 32.4 Å². The first-order valence-electron chi connectivity index (χ1n) is 4.86. The van der Waals surface area contributed by atoms with Gasteiger partial charge in [-0.2, -0.15) is 5.10 Å². The van der Waals surface area contributed by atoms with Crippen LogP contribution in [0.2, 0.25) is 0 Å². The van der Waals surface area contributed by atoms with Crippen molar-refractivity contribution in [1.29, 1.82) is 0 Å². The summed E-state index contributed by atoms with van der Waals surface area (Å²) in [6.07, 6.45) is 6.34. The number of nitrogens with zero attached hydrogens (tertiary/aromatic N) is 2. The highest BCUT2D eigenvalue weighted by Crippen LogP contribution is 2.12. The predicted molar refractivity (Wildman–Crippen MR) is 65.0 cm³/mol. The second-order valence-electron chi connectivity index (χ2n) is 3.27. The van der Waals surface area contributed by atoms with Crippen molar-refractivity contribution < 1.29 is 5.11 Å². The molecule has 0 aromatic carbocycles. The van der Waals surface area contributed by atoms with E-state index in [4.69, 9.17) is 0 Å². The van der Waals surface area contributed by atoms with Gasteiger partial charge < -0.3 is 5.11 Å². The van der Waals surface area contributed by atoms with E-state index >= 15 is 0 Å². The summed E-state index contributed by atoms with van der Waals surface area (Å²) in [5.41, 5.74) is 1.52. The SMILES string of the molecule is C=C/C=C\CC(C)(O)N=C(CC)NN=C. The fraction of sp³-hybridized carbons (Fsp3) is 0.455. The summed E-state index contributed by atoms with van der Waals surface area (Å²) in [5.74, 6) is 0.613. The van der Waals surface area contributed by atoms with Gasteiger partial charge in [-0.15, -0.1) is 0 Å². The minimum Gasteiger partial charge on any atom is -0.369 e.